The van der Waals surface area contributed by atoms with Gasteiger partial charge in [-0.05, 0) is 64.8 Å². The molecule has 0 aliphatic rings. The number of aryl methyl sites for hydroxylation is 1. The molecular weight excluding hydrogens is 314 g/mol. The zero-order valence-electron chi connectivity index (χ0n) is 15.7. The number of aliphatic imine (C=N–C) groups is 1. The van der Waals surface area contributed by atoms with Crippen LogP contribution in [0.2, 0.25) is 0 Å². The van der Waals surface area contributed by atoms with Crippen molar-refractivity contribution < 1.29 is 15.0 Å². The number of amides is 1. The van der Waals surface area contributed by atoms with Gasteiger partial charge in [-0.15, -0.1) is 0 Å². The maximum Gasteiger partial charge on any atom is 0.280 e. The largest absolute Gasteiger partial charge is 0.508 e. The monoisotopic (exact) mass is 343 g/mol. The average Bonchev–Trinajstić information content (AvgIpc) is 2.54. The predicted molar refractivity (Wildman–Crippen MR) is 104 cm³/mol. The summed E-state index contributed by atoms with van der Waals surface area (Å²) in [5.74, 6) is -0.740. The smallest absolute Gasteiger partial charge is 0.280 e. The van der Waals surface area contributed by atoms with Crippen LogP contribution in [0.5, 0.6) is 11.5 Å². The van der Waals surface area contributed by atoms with Gasteiger partial charge in [0.25, 0.3) is 5.91 Å². The minimum atomic E-state index is -0.563. The van der Waals surface area contributed by atoms with E-state index in [9.17, 15) is 15.0 Å². The van der Waals surface area contributed by atoms with Crippen LogP contribution >= 0.6 is 0 Å². The van der Waals surface area contributed by atoms with Crippen molar-refractivity contribution in [3.63, 3.8) is 0 Å². The highest BCUT2D eigenvalue weighted by Crippen LogP contribution is 2.35. The van der Waals surface area contributed by atoms with Crippen LogP contribution in [0.1, 0.15) is 68.4 Å². The third-order valence-corrected chi connectivity index (χ3v) is 4.09. The van der Waals surface area contributed by atoms with Crippen LogP contribution in [-0.4, -0.2) is 22.8 Å². The number of aromatic hydroxyl groups is 2. The second kappa shape index (κ2) is 9.82. The average molecular weight is 343 g/mol. The van der Waals surface area contributed by atoms with Crippen molar-refractivity contribution in [3.8, 4) is 11.5 Å². The van der Waals surface area contributed by atoms with Gasteiger partial charge in [-0.25, -0.2) is 4.99 Å². The summed E-state index contributed by atoms with van der Waals surface area (Å²) in [6.45, 7) is 11.4. The van der Waals surface area contributed by atoms with Crippen molar-refractivity contribution in [2.75, 3.05) is 0 Å². The Balaban J connectivity index is 3.13. The molecule has 0 saturated carbocycles. The van der Waals surface area contributed by atoms with Crippen LogP contribution in [0, 0.1) is 0 Å². The molecule has 0 unspecified atom stereocenters. The van der Waals surface area contributed by atoms with Crippen molar-refractivity contribution in [1.82, 2.24) is 0 Å². The lowest BCUT2D eigenvalue weighted by Crippen LogP contribution is -2.04. The van der Waals surface area contributed by atoms with Crippen molar-refractivity contribution in [2.45, 2.75) is 59.8 Å². The fraction of sp³-hybridized carbons (Fsp3) is 0.429. The van der Waals surface area contributed by atoms with Gasteiger partial charge in [-0.1, -0.05) is 36.6 Å². The Morgan fingerprint density at radius 1 is 1.24 bits per heavy atom. The van der Waals surface area contributed by atoms with Crippen LogP contribution in [0.4, 0.5) is 0 Å². The molecule has 4 nitrogen and oxygen atoms in total. The molecule has 136 valence electrons. The van der Waals surface area contributed by atoms with E-state index in [-0.39, 0.29) is 17.1 Å². The van der Waals surface area contributed by atoms with Gasteiger partial charge in [0.1, 0.15) is 11.5 Å². The standard InChI is InChI=1S/C21H29NO3/c1-6-8-16-13-18(23)17(20(24)19(16)21(25)22-5)12-11-15(4)10-7-9-14(2)3/h9,11,13,23-24H,5-8,10,12H2,1-4H3/b15-11+. The van der Waals surface area contributed by atoms with Crippen molar-refractivity contribution in [3.05, 3.63) is 46.1 Å². The highest BCUT2D eigenvalue weighted by molar-refractivity contribution is 6.01. The summed E-state index contributed by atoms with van der Waals surface area (Å²) in [5.41, 5.74) is 3.56. The summed E-state index contributed by atoms with van der Waals surface area (Å²) in [7, 11) is 0. The molecule has 0 aliphatic heterocycles. The summed E-state index contributed by atoms with van der Waals surface area (Å²) in [6.07, 6.45) is 7.76. The first kappa shape index (κ1) is 20.7. The van der Waals surface area contributed by atoms with E-state index in [4.69, 9.17) is 0 Å². The number of carbonyl (C=O) groups excluding carboxylic acids is 1. The summed E-state index contributed by atoms with van der Waals surface area (Å²) >= 11 is 0. The molecule has 0 heterocycles. The summed E-state index contributed by atoms with van der Waals surface area (Å²) in [4.78, 5) is 15.5. The Morgan fingerprint density at radius 2 is 1.92 bits per heavy atom. The fourth-order valence-electron chi connectivity index (χ4n) is 2.70. The van der Waals surface area contributed by atoms with Crippen LogP contribution < -0.4 is 0 Å². The molecule has 1 aromatic rings. The van der Waals surface area contributed by atoms with Crippen LogP contribution in [0.25, 0.3) is 0 Å². The van der Waals surface area contributed by atoms with Crippen molar-refractivity contribution in [1.29, 1.82) is 0 Å². The SMILES string of the molecule is C=NC(=O)c1c(CCC)cc(O)c(C/C=C(\C)CCC=C(C)C)c1O. The van der Waals surface area contributed by atoms with Crippen LogP contribution in [0.3, 0.4) is 0 Å². The van der Waals surface area contributed by atoms with Gasteiger partial charge < -0.3 is 10.2 Å². The molecule has 2 N–H and O–H groups in total. The van der Waals surface area contributed by atoms with Gasteiger partial charge in [0.15, 0.2) is 0 Å². The number of carbonyl (C=O) groups is 1. The van der Waals surface area contributed by atoms with Crippen molar-refractivity contribution >= 4 is 12.6 Å². The normalized spacial score (nSPS) is 11.3. The highest BCUT2D eigenvalue weighted by Gasteiger charge is 2.21. The first-order chi connectivity index (χ1) is 11.8. The van der Waals surface area contributed by atoms with E-state index in [2.05, 4.69) is 31.6 Å². The first-order valence-corrected chi connectivity index (χ1v) is 8.68. The molecule has 25 heavy (non-hydrogen) atoms. The van der Waals surface area contributed by atoms with Gasteiger partial charge in [0.2, 0.25) is 0 Å². The quantitative estimate of drug-likeness (QED) is 0.508. The summed E-state index contributed by atoms with van der Waals surface area (Å²) in [5, 5.41) is 20.8. The van der Waals surface area contributed by atoms with Gasteiger partial charge in [0, 0.05) is 5.56 Å². The minimum Gasteiger partial charge on any atom is -0.508 e. The predicted octanol–water partition coefficient (Wildman–Crippen LogP) is 5.13. The Morgan fingerprint density at radius 3 is 2.48 bits per heavy atom. The number of hydrogen-bond donors (Lipinski definition) is 2. The molecule has 4 heteroatoms. The molecule has 0 aliphatic carbocycles. The molecule has 0 fully saturated rings. The molecule has 0 aromatic heterocycles. The number of allylic oxidation sites excluding steroid dienone is 4. The third-order valence-electron chi connectivity index (χ3n) is 4.09. The zero-order valence-corrected chi connectivity index (χ0v) is 15.7. The fourth-order valence-corrected chi connectivity index (χ4v) is 2.70. The highest BCUT2D eigenvalue weighted by atomic mass is 16.3. The number of hydrogen-bond acceptors (Lipinski definition) is 3. The van der Waals surface area contributed by atoms with Gasteiger partial charge in [0.05, 0.1) is 5.56 Å². The van der Waals surface area contributed by atoms with Crippen molar-refractivity contribution in [2.24, 2.45) is 4.99 Å². The maximum atomic E-state index is 12.0. The van der Waals surface area contributed by atoms with E-state index in [0.717, 1.165) is 19.3 Å². The first-order valence-electron chi connectivity index (χ1n) is 8.68. The molecule has 0 saturated heterocycles. The Bertz CT molecular complexity index is 696. The van der Waals surface area contributed by atoms with E-state index >= 15 is 0 Å². The zero-order chi connectivity index (χ0) is 19.0. The number of benzene rings is 1. The molecule has 1 amide bonds. The molecule has 0 radical (unpaired) electrons. The lowest BCUT2D eigenvalue weighted by atomic mass is 9.95. The molecular formula is C21H29NO3. The summed E-state index contributed by atoms with van der Waals surface area (Å²) < 4.78 is 0. The van der Waals surface area contributed by atoms with Crippen LogP contribution in [0.15, 0.2) is 34.4 Å². The van der Waals surface area contributed by atoms with E-state index in [1.807, 2.05) is 19.9 Å². The maximum absolute atomic E-state index is 12.0. The number of nitrogens with zero attached hydrogens (tertiary/aromatic N) is 1. The molecule has 0 bridgehead atoms. The molecule has 0 spiro atoms. The van der Waals surface area contributed by atoms with Crippen LogP contribution in [-0.2, 0) is 12.8 Å². The second-order valence-electron chi connectivity index (χ2n) is 6.54. The van der Waals surface area contributed by atoms with E-state index in [1.54, 1.807) is 6.07 Å². The van der Waals surface area contributed by atoms with Gasteiger partial charge >= 0.3 is 0 Å². The van der Waals surface area contributed by atoms with Gasteiger partial charge in [-0.3, -0.25) is 4.79 Å². The minimum absolute atomic E-state index is 0.00918. The molecule has 0 atom stereocenters. The molecule has 1 rings (SSSR count). The topological polar surface area (TPSA) is 69.9 Å². The molecule has 1 aromatic carbocycles. The number of phenols is 2. The second-order valence-corrected chi connectivity index (χ2v) is 6.54. The number of rotatable bonds is 8. The van der Waals surface area contributed by atoms with Gasteiger partial charge in [-0.2, -0.15) is 0 Å². The van der Waals surface area contributed by atoms with E-state index in [0.29, 0.717) is 24.0 Å². The van der Waals surface area contributed by atoms with E-state index < -0.39 is 5.91 Å². The Hall–Kier alpha value is -2.36. The lowest BCUT2D eigenvalue weighted by Gasteiger charge is -2.14. The van der Waals surface area contributed by atoms with E-state index in [1.165, 1.54) is 11.1 Å². The third kappa shape index (κ3) is 5.89. The summed E-state index contributed by atoms with van der Waals surface area (Å²) in [6, 6.07) is 1.56. The lowest BCUT2D eigenvalue weighted by molar-refractivity contribution is 0.1000. The number of phenolic OH excluding ortho intramolecular Hbond substituents is 2. The Kier molecular flexibility index (Phi) is 8.12. The Labute approximate surface area is 150 Å².